The molecular formula is C19H22N4O4S. The first-order chi connectivity index (χ1) is 13.5. The Balaban J connectivity index is 1.65. The van der Waals surface area contributed by atoms with E-state index in [1.165, 1.54) is 9.96 Å². The van der Waals surface area contributed by atoms with Gasteiger partial charge in [0.25, 0.3) is 5.91 Å². The van der Waals surface area contributed by atoms with Crippen LogP contribution < -0.4 is 10.6 Å². The number of hydrogen-bond donors (Lipinski definition) is 2. The Morgan fingerprint density at radius 3 is 2.93 bits per heavy atom. The number of benzene rings is 1. The molecule has 9 heteroatoms. The molecule has 1 aromatic heterocycles. The van der Waals surface area contributed by atoms with E-state index in [4.69, 9.17) is 4.84 Å². The smallest absolute Gasteiger partial charge is 0.343 e. The Labute approximate surface area is 166 Å². The molecule has 0 saturated carbocycles. The summed E-state index contributed by atoms with van der Waals surface area (Å²) in [5, 5.41) is 9.78. The minimum Gasteiger partial charge on any atom is -0.348 e. The van der Waals surface area contributed by atoms with Gasteiger partial charge in [0.05, 0.1) is 6.04 Å². The first-order valence-electron chi connectivity index (χ1n) is 9.28. The topological polar surface area (TPSA) is 91.0 Å². The summed E-state index contributed by atoms with van der Waals surface area (Å²) in [5.41, 5.74) is 0.989. The molecule has 0 spiro atoms. The monoisotopic (exact) mass is 402 g/mol. The van der Waals surface area contributed by atoms with Crippen molar-refractivity contribution in [3.8, 4) is 0 Å². The van der Waals surface area contributed by atoms with Crippen molar-refractivity contribution in [3.05, 3.63) is 35.2 Å². The van der Waals surface area contributed by atoms with E-state index >= 15 is 0 Å². The van der Waals surface area contributed by atoms with Crippen LogP contribution in [0.4, 0.5) is 4.79 Å². The van der Waals surface area contributed by atoms with Crippen molar-refractivity contribution in [2.45, 2.75) is 38.6 Å². The number of hydroxylamine groups is 2. The van der Waals surface area contributed by atoms with Crippen molar-refractivity contribution >= 4 is 39.3 Å². The fraction of sp³-hybridized carbons (Fsp3) is 0.421. The first-order valence-corrected chi connectivity index (χ1v) is 10.2. The van der Waals surface area contributed by atoms with Crippen LogP contribution in [0, 0.1) is 0 Å². The summed E-state index contributed by atoms with van der Waals surface area (Å²) in [6, 6.07) is 7.11. The van der Waals surface area contributed by atoms with Crippen LogP contribution in [0.15, 0.2) is 29.6 Å². The van der Waals surface area contributed by atoms with E-state index < -0.39 is 24.3 Å². The van der Waals surface area contributed by atoms with Crippen molar-refractivity contribution in [2.24, 2.45) is 0 Å². The molecule has 2 fully saturated rings. The number of hydrogen-bond acceptors (Lipinski definition) is 5. The molecule has 2 saturated heterocycles. The van der Waals surface area contributed by atoms with Gasteiger partial charge in [-0.05, 0) is 36.2 Å². The molecule has 8 nitrogen and oxygen atoms in total. The van der Waals surface area contributed by atoms with E-state index in [9.17, 15) is 14.4 Å². The minimum absolute atomic E-state index is 0.0893. The van der Waals surface area contributed by atoms with E-state index in [1.54, 1.807) is 18.3 Å². The summed E-state index contributed by atoms with van der Waals surface area (Å²) in [5.74, 6) is -0.517. The van der Waals surface area contributed by atoms with E-state index in [-0.39, 0.29) is 18.4 Å². The van der Waals surface area contributed by atoms with Crippen LogP contribution in [0.25, 0.3) is 10.1 Å². The molecule has 0 bridgehead atoms. The summed E-state index contributed by atoms with van der Waals surface area (Å²) in [6.45, 7) is 3.91. The maximum absolute atomic E-state index is 13.1. The third-order valence-electron chi connectivity index (χ3n) is 5.00. The van der Waals surface area contributed by atoms with Crippen molar-refractivity contribution < 1.29 is 19.2 Å². The number of fused-ring (bicyclic) bond motifs is 2. The van der Waals surface area contributed by atoms with E-state index in [0.29, 0.717) is 13.0 Å². The van der Waals surface area contributed by atoms with Crippen LogP contribution in [0.5, 0.6) is 0 Å². The van der Waals surface area contributed by atoms with Gasteiger partial charge in [-0.1, -0.05) is 18.2 Å². The largest absolute Gasteiger partial charge is 0.348 e. The molecule has 2 N–H and O–H groups in total. The lowest BCUT2D eigenvalue weighted by molar-refractivity contribution is -0.253. The highest BCUT2D eigenvalue weighted by molar-refractivity contribution is 7.17. The molecule has 28 heavy (non-hydrogen) atoms. The number of urea groups is 1. The van der Waals surface area contributed by atoms with Gasteiger partial charge in [0.15, 0.2) is 12.3 Å². The number of rotatable bonds is 3. The summed E-state index contributed by atoms with van der Waals surface area (Å²) in [7, 11) is 0. The predicted molar refractivity (Wildman–Crippen MR) is 104 cm³/mol. The zero-order valence-electron chi connectivity index (χ0n) is 15.7. The maximum atomic E-state index is 13.1. The Morgan fingerprint density at radius 1 is 1.36 bits per heavy atom. The van der Waals surface area contributed by atoms with Crippen LogP contribution in [-0.4, -0.2) is 59.2 Å². The molecule has 3 atom stereocenters. The number of nitrogens with zero attached hydrogens (tertiary/aromatic N) is 2. The molecule has 2 aliphatic rings. The average Bonchev–Trinajstić information content (AvgIpc) is 3.07. The van der Waals surface area contributed by atoms with Gasteiger partial charge in [-0.25, -0.2) is 4.79 Å². The fourth-order valence-corrected chi connectivity index (χ4v) is 4.75. The van der Waals surface area contributed by atoms with Gasteiger partial charge in [-0.2, -0.15) is 5.06 Å². The van der Waals surface area contributed by atoms with Crippen molar-refractivity contribution in [2.75, 3.05) is 13.1 Å². The number of thiophene rings is 1. The fourth-order valence-electron chi connectivity index (χ4n) is 3.77. The lowest BCUT2D eigenvalue weighted by atomic mass is 10.0. The second-order valence-corrected chi connectivity index (χ2v) is 7.86. The Morgan fingerprint density at radius 2 is 2.14 bits per heavy atom. The molecule has 1 aromatic carbocycles. The molecule has 0 radical (unpaired) electrons. The van der Waals surface area contributed by atoms with Gasteiger partial charge >= 0.3 is 6.03 Å². The van der Waals surface area contributed by atoms with Crippen LogP contribution in [0.1, 0.15) is 19.4 Å². The van der Waals surface area contributed by atoms with Crippen molar-refractivity contribution in [3.63, 3.8) is 0 Å². The Kier molecular flexibility index (Phi) is 4.94. The van der Waals surface area contributed by atoms with Crippen molar-refractivity contribution in [1.29, 1.82) is 0 Å². The average molecular weight is 402 g/mol. The molecule has 2 aromatic rings. The highest BCUT2D eigenvalue weighted by atomic mass is 32.1. The normalized spacial score (nSPS) is 24.9. The minimum atomic E-state index is -0.866. The van der Waals surface area contributed by atoms with E-state index in [2.05, 4.69) is 10.6 Å². The maximum Gasteiger partial charge on any atom is 0.343 e. The third-order valence-corrected chi connectivity index (χ3v) is 6.02. The second kappa shape index (κ2) is 7.40. The van der Waals surface area contributed by atoms with Crippen LogP contribution in [0.3, 0.4) is 0 Å². The van der Waals surface area contributed by atoms with E-state index in [1.807, 2.05) is 36.6 Å². The molecular weight excluding hydrogens is 380 g/mol. The number of nitrogens with one attached hydrogen (secondary N) is 2. The molecule has 148 valence electrons. The molecule has 2 aliphatic heterocycles. The zero-order valence-corrected chi connectivity index (χ0v) is 16.5. The lowest BCUT2D eigenvalue weighted by Gasteiger charge is -2.49. The second-order valence-electron chi connectivity index (χ2n) is 6.95. The van der Waals surface area contributed by atoms with Crippen LogP contribution >= 0.6 is 11.3 Å². The molecule has 3 heterocycles. The van der Waals surface area contributed by atoms with Gasteiger partial charge in [0.2, 0.25) is 5.91 Å². The lowest BCUT2D eigenvalue weighted by Crippen LogP contribution is -2.73. The molecule has 4 amide bonds. The zero-order chi connectivity index (χ0) is 19.8. The van der Waals surface area contributed by atoms with Crippen LogP contribution in [0.2, 0.25) is 0 Å². The van der Waals surface area contributed by atoms with Gasteiger partial charge < -0.3 is 15.5 Å². The Bertz CT molecular complexity index is 930. The molecule has 4 rings (SSSR count). The highest BCUT2D eigenvalue weighted by Crippen LogP contribution is 2.30. The third kappa shape index (κ3) is 3.20. The molecule has 3 unspecified atom stereocenters. The number of amides is 4. The molecule has 0 aliphatic carbocycles. The van der Waals surface area contributed by atoms with Gasteiger partial charge in [-0.15, -0.1) is 11.3 Å². The van der Waals surface area contributed by atoms with Crippen molar-refractivity contribution in [1.82, 2.24) is 20.6 Å². The van der Waals surface area contributed by atoms with Gasteiger partial charge in [0.1, 0.15) is 6.54 Å². The first kappa shape index (κ1) is 18.7. The summed E-state index contributed by atoms with van der Waals surface area (Å²) in [6.07, 6.45) is -1.21. The number of piperazine rings is 1. The quantitative estimate of drug-likeness (QED) is 0.813. The summed E-state index contributed by atoms with van der Waals surface area (Å²) in [4.78, 5) is 45.0. The number of carbonyl (C=O) groups is 3. The highest BCUT2D eigenvalue weighted by Gasteiger charge is 2.49. The van der Waals surface area contributed by atoms with Gasteiger partial charge in [-0.3, -0.25) is 14.4 Å². The van der Waals surface area contributed by atoms with Gasteiger partial charge in [0, 0.05) is 17.7 Å². The number of carbonyl (C=O) groups excluding carboxylic acids is 3. The summed E-state index contributed by atoms with van der Waals surface area (Å²) >= 11 is 1.61. The summed E-state index contributed by atoms with van der Waals surface area (Å²) < 4.78 is 1.13. The van der Waals surface area contributed by atoms with Crippen LogP contribution in [-0.2, 0) is 20.8 Å². The van der Waals surface area contributed by atoms with E-state index in [0.717, 1.165) is 15.6 Å². The predicted octanol–water partition coefficient (Wildman–Crippen LogP) is 1.46. The Hall–Kier alpha value is -2.65. The standard InChI is InChI=1S/C19H22N4O4S/c1-3-20-19(26)23-17-11(2)21-16(24)9-22(17)18(25)14(27-23)8-12-10-28-15-7-5-4-6-13(12)15/h4-7,10-11,14,17H,3,8-9H2,1-2H3,(H,20,26)(H,21,24). The SMILES string of the molecule is CCNC(=O)N1OC(Cc2csc3ccccc23)C(=O)N2CC(=O)NC(C)C21.